The smallest absolute Gasteiger partial charge is 0.119 e. The number of aromatic nitrogens is 1. The topological polar surface area (TPSA) is 22.1 Å². The molecule has 1 aliphatic carbocycles. The molecule has 1 aromatic carbocycles. The second-order valence-corrected chi connectivity index (χ2v) is 9.12. The van der Waals surface area contributed by atoms with Crippen LogP contribution in [0.5, 0.6) is 5.75 Å². The summed E-state index contributed by atoms with van der Waals surface area (Å²) >= 11 is 0. The minimum atomic E-state index is 0.657. The molecule has 1 heterocycles. The van der Waals surface area contributed by atoms with Crippen molar-refractivity contribution in [2.24, 2.45) is 5.92 Å². The molecule has 0 bridgehead atoms. The average Bonchev–Trinajstić information content (AvgIpc) is 2.81. The molecule has 0 saturated heterocycles. The Labute approximate surface area is 184 Å². The molecule has 0 radical (unpaired) electrons. The van der Waals surface area contributed by atoms with Crippen LogP contribution in [0.15, 0.2) is 42.6 Å². The van der Waals surface area contributed by atoms with Crippen molar-refractivity contribution in [3.8, 4) is 16.9 Å². The molecule has 1 saturated carbocycles. The Bertz CT molecular complexity index is 698. The third kappa shape index (κ3) is 7.15. The van der Waals surface area contributed by atoms with Crippen molar-refractivity contribution >= 4 is 0 Å². The van der Waals surface area contributed by atoms with Crippen LogP contribution in [-0.2, 0) is 0 Å². The number of hydrogen-bond donors (Lipinski definition) is 0. The first kappa shape index (κ1) is 22.8. The molecule has 1 aromatic heterocycles. The van der Waals surface area contributed by atoms with E-state index in [2.05, 4.69) is 56.4 Å². The van der Waals surface area contributed by atoms with Crippen LogP contribution in [-0.4, -0.2) is 11.6 Å². The van der Waals surface area contributed by atoms with Crippen LogP contribution in [0.3, 0.4) is 0 Å². The Balaban J connectivity index is 1.46. The lowest BCUT2D eigenvalue weighted by atomic mass is 9.78. The van der Waals surface area contributed by atoms with Crippen LogP contribution in [0.1, 0.15) is 103 Å². The van der Waals surface area contributed by atoms with Gasteiger partial charge in [-0.2, -0.15) is 0 Å². The molecule has 30 heavy (non-hydrogen) atoms. The van der Waals surface area contributed by atoms with Crippen molar-refractivity contribution in [3.05, 3.63) is 48.3 Å². The maximum atomic E-state index is 5.83. The molecular formula is C28H41NO. The van der Waals surface area contributed by atoms with Gasteiger partial charge in [-0.05, 0) is 61.8 Å². The number of ether oxygens (including phenoxy) is 1. The Morgan fingerprint density at radius 2 is 1.47 bits per heavy atom. The first-order valence-corrected chi connectivity index (χ1v) is 12.5. The summed E-state index contributed by atoms with van der Waals surface area (Å²) in [5.41, 5.74) is 3.70. The molecule has 1 fully saturated rings. The van der Waals surface area contributed by atoms with Crippen molar-refractivity contribution < 1.29 is 4.74 Å². The fraction of sp³-hybridized carbons (Fsp3) is 0.607. The quantitative estimate of drug-likeness (QED) is 0.329. The number of unbranched alkanes of at least 4 members (excludes halogenated alkanes) is 5. The van der Waals surface area contributed by atoms with Gasteiger partial charge < -0.3 is 4.74 Å². The monoisotopic (exact) mass is 407 g/mol. The van der Waals surface area contributed by atoms with Crippen molar-refractivity contribution in [3.63, 3.8) is 0 Å². The van der Waals surface area contributed by atoms with Crippen LogP contribution < -0.4 is 4.74 Å². The summed E-state index contributed by atoms with van der Waals surface area (Å²) in [5.74, 6) is 2.58. The van der Waals surface area contributed by atoms with Gasteiger partial charge in [0.1, 0.15) is 5.75 Å². The predicted molar refractivity (Wildman–Crippen MR) is 128 cm³/mol. The SMILES string of the molecule is CCCCCCC1CCC(c2ccc(-c3ccc(OCCCCC)cc3)cn2)CC1. The van der Waals surface area contributed by atoms with E-state index in [4.69, 9.17) is 9.72 Å². The van der Waals surface area contributed by atoms with Crippen LogP contribution >= 0.6 is 0 Å². The van der Waals surface area contributed by atoms with E-state index in [0.29, 0.717) is 5.92 Å². The van der Waals surface area contributed by atoms with Gasteiger partial charge in [0.05, 0.1) is 6.61 Å². The van der Waals surface area contributed by atoms with Crippen molar-refractivity contribution in [1.82, 2.24) is 4.98 Å². The summed E-state index contributed by atoms with van der Waals surface area (Å²) < 4.78 is 5.83. The molecule has 2 heteroatoms. The van der Waals surface area contributed by atoms with Crippen molar-refractivity contribution in [1.29, 1.82) is 0 Å². The summed E-state index contributed by atoms with van der Waals surface area (Å²) in [4.78, 5) is 4.85. The number of rotatable bonds is 12. The highest BCUT2D eigenvalue weighted by atomic mass is 16.5. The minimum absolute atomic E-state index is 0.657. The zero-order valence-electron chi connectivity index (χ0n) is 19.2. The van der Waals surface area contributed by atoms with Crippen LogP contribution in [0.2, 0.25) is 0 Å². The summed E-state index contributed by atoms with van der Waals surface area (Å²) in [6.07, 6.45) is 18.1. The van der Waals surface area contributed by atoms with E-state index in [0.717, 1.165) is 24.7 Å². The molecule has 0 spiro atoms. The van der Waals surface area contributed by atoms with E-state index in [1.54, 1.807) is 0 Å². The number of pyridine rings is 1. The van der Waals surface area contributed by atoms with Crippen LogP contribution in [0, 0.1) is 5.92 Å². The fourth-order valence-corrected chi connectivity index (χ4v) is 4.71. The van der Waals surface area contributed by atoms with Gasteiger partial charge in [0.25, 0.3) is 0 Å². The lowest BCUT2D eigenvalue weighted by Gasteiger charge is -2.28. The third-order valence-corrected chi connectivity index (χ3v) is 6.72. The van der Waals surface area contributed by atoms with Gasteiger partial charge in [0.15, 0.2) is 0 Å². The molecule has 0 N–H and O–H groups in total. The lowest BCUT2D eigenvalue weighted by molar-refractivity contribution is 0.299. The van der Waals surface area contributed by atoms with E-state index in [-0.39, 0.29) is 0 Å². The summed E-state index contributed by atoms with van der Waals surface area (Å²) in [7, 11) is 0. The zero-order valence-corrected chi connectivity index (χ0v) is 19.2. The molecule has 0 aliphatic heterocycles. The minimum Gasteiger partial charge on any atom is -0.494 e. The summed E-state index contributed by atoms with van der Waals surface area (Å²) in [5, 5.41) is 0. The van der Waals surface area contributed by atoms with Gasteiger partial charge in [0, 0.05) is 23.4 Å². The highest BCUT2D eigenvalue weighted by Gasteiger charge is 2.22. The van der Waals surface area contributed by atoms with Crippen molar-refractivity contribution in [2.75, 3.05) is 6.61 Å². The third-order valence-electron chi connectivity index (χ3n) is 6.72. The Kier molecular flexibility index (Phi) is 9.73. The first-order valence-electron chi connectivity index (χ1n) is 12.5. The molecule has 2 aromatic rings. The fourth-order valence-electron chi connectivity index (χ4n) is 4.71. The van der Waals surface area contributed by atoms with E-state index in [9.17, 15) is 0 Å². The molecule has 164 valence electrons. The van der Waals surface area contributed by atoms with E-state index < -0.39 is 0 Å². The van der Waals surface area contributed by atoms with Gasteiger partial charge in [-0.25, -0.2) is 0 Å². The van der Waals surface area contributed by atoms with Gasteiger partial charge in [0.2, 0.25) is 0 Å². The number of benzene rings is 1. The molecular weight excluding hydrogens is 366 g/mol. The van der Waals surface area contributed by atoms with E-state index >= 15 is 0 Å². The largest absolute Gasteiger partial charge is 0.494 e. The molecule has 2 nitrogen and oxygen atoms in total. The second kappa shape index (κ2) is 12.8. The lowest BCUT2D eigenvalue weighted by Crippen LogP contribution is -2.14. The van der Waals surface area contributed by atoms with Crippen molar-refractivity contribution in [2.45, 2.75) is 96.8 Å². The standard InChI is InChI=1S/C28H41NO/c1-3-5-7-8-10-23-11-13-25(14-12-23)28-20-17-26(22-29-28)24-15-18-27(19-16-24)30-21-9-6-4-2/h15-20,22-23,25H,3-14,21H2,1-2H3. The molecule has 1 aliphatic rings. The van der Waals surface area contributed by atoms with Gasteiger partial charge >= 0.3 is 0 Å². The van der Waals surface area contributed by atoms with Crippen LogP contribution in [0.4, 0.5) is 0 Å². The molecule has 0 unspecified atom stereocenters. The van der Waals surface area contributed by atoms with E-state index in [1.165, 1.54) is 87.4 Å². The Morgan fingerprint density at radius 1 is 0.767 bits per heavy atom. The maximum absolute atomic E-state index is 5.83. The number of nitrogens with zero attached hydrogens (tertiary/aromatic N) is 1. The molecule has 0 atom stereocenters. The molecule has 3 rings (SSSR count). The second-order valence-electron chi connectivity index (χ2n) is 9.12. The normalized spacial score (nSPS) is 19.0. The van der Waals surface area contributed by atoms with Gasteiger partial charge in [-0.3, -0.25) is 4.98 Å². The first-order chi connectivity index (χ1) is 14.8. The summed E-state index contributed by atoms with van der Waals surface area (Å²) in [6, 6.07) is 13.0. The maximum Gasteiger partial charge on any atom is 0.119 e. The predicted octanol–water partition coefficient (Wildman–Crippen LogP) is 8.56. The Morgan fingerprint density at radius 3 is 2.13 bits per heavy atom. The summed E-state index contributed by atoms with van der Waals surface area (Å²) in [6.45, 7) is 5.32. The number of hydrogen-bond acceptors (Lipinski definition) is 2. The van der Waals surface area contributed by atoms with Crippen LogP contribution in [0.25, 0.3) is 11.1 Å². The Hall–Kier alpha value is -1.83. The van der Waals surface area contributed by atoms with Gasteiger partial charge in [-0.15, -0.1) is 0 Å². The average molecular weight is 408 g/mol. The highest BCUT2D eigenvalue weighted by Crippen LogP contribution is 2.37. The molecule has 0 amide bonds. The zero-order chi connectivity index (χ0) is 21.0. The van der Waals surface area contributed by atoms with Gasteiger partial charge in [-0.1, -0.05) is 77.0 Å². The van der Waals surface area contributed by atoms with E-state index in [1.807, 2.05) is 0 Å². The highest BCUT2D eigenvalue weighted by molar-refractivity contribution is 5.63.